The maximum Gasteiger partial charge on any atom is 0.179 e. The predicted octanol–water partition coefficient (Wildman–Crippen LogP) is 3.71. The molecule has 136 valence electrons. The van der Waals surface area contributed by atoms with Gasteiger partial charge >= 0.3 is 0 Å². The highest BCUT2D eigenvalue weighted by Gasteiger charge is 2.12. The molecule has 5 nitrogen and oxygen atoms in total. The number of ether oxygens (including phenoxy) is 4. The van der Waals surface area contributed by atoms with Crippen molar-refractivity contribution in [1.29, 1.82) is 0 Å². The number of nitrogens with two attached hydrogens (primary N) is 1. The van der Waals surface area contributed by atoms with Gasteiger partial charge in [-0.05, 0) is 49.7 Å². The molecule has 25 heavy (non-hydrogen) atoms. The van der Waals surface area contributed by atoms with Gasteiger partial charge in [0, 0.05) is 0 Å². The van der Waals surface area contributed by atoms with Gasteiger partial charge in [0.15, 0.2) is 23.0 Å². The van der Waals surface area contributed by atoms with Crippen LogP contribution in [-0.2, 0) is 6.42 Å². The average molecular weight is 366 g/mol. The van der Waals surface area contributed by atoms with Crippen LogP contribution in [0.1, 0.15) is 12.5 Å². The van der Waals surface area contributed by atoms with Crippen molar-refractivity contribution in [3.63, 3.8) is 0 Å². The lowest BCUT2D eigenvalue weighted by atomic mass is 10.1. The molecular weight excluding hydrogens is 342 g/mol. The number of rotatable bonds is 10. The van der Waals surface area contributed by atoms with E-state index in [1.54, 1.807) is 7.11 Å². The molecule has 2 N–H and O–H groups in total. The van der Waals surface area contributed by atoms with E-state index in [0.717, 1.165) is 12.0 Å². The Balaban J connectivity index is 1.96. The van der Waals surface area contributed by atoms with Crippen LogP contribution >= 0.6 is 11.6 Å². The van der Waals surface area contributed by atoms with Crippen molar-refractivity contribution < 1.29 is 18.9 Å². The largest absolute Gasteiger partial charge is 0.493 e. The fraction of sp³-hybridized carbons (Fsp3) is 0.368. The van der Waals surface area contributed by atoms with Gasteiger partial charge in [-0.1, -0.05) is 23.7 Å². The molecule has 0 heterocycles. The van der Waals surface area contributed by atoms with E-state index in [1.807, 2.05) is 43.3 Å². The molecule has 0 atom stereocenters. The number of methoxy groups -OCH3 is 1. The van der Waals surface area contributed by atoms with Crippen molar-refractivity contribution in [3.8, 4) is 23.0 Å². The molecule has 0 fully saturated rings. The maximum absolute atomic E-state index is 6.30. The van der Waals surface area contributed by atoms with Gasteiger partial charge in [0.05, 0.1) is 18.7 Å². The van der Waals surface area contributed by atoms with E-state index in [-0.39, 0.29) is 0 Å². The Morgan fingerprint density at radius 2 is 1.64 bits per heavy atom. The normalized spacial score (nSPS) is 10.4. The number of halogens is 1. The molecule has 0 saturated heterocycles. The van der Waals surface area contributed by atoms with Crippen molar-refractivity contribution in [3.05, 3.63) is 47.0 Å². The molecule has 0 aliphatic rings. The third-order valence-electron chi connectivity index (χ3n) is 3.46. The van der Waals surface area contributed by atoms with Crippen LogP contribution in [0, 0.1) is 0 Å². The monoisotopic (exact) mass is 365 g/mol. The first-order valence-electron chi connectivity index (χ1n) is 8.23. The fourth-order valence-corrected chi connectivity index (χ4v) is 2.65. The molecule has 0 aliphatic carbocycles. The minimum atomic E-state index is 0.326. The van der Waals surface area contributed by atoms with Crippen LogP contribution in [0.2, 0.25) is 5.02 Å². The molecule has 0 amide bonds. The van der Waals surface area contributed by atoms with Gasteiger partial charge in [-0.15, -0.1) is 0 Å². The summed E-state index contributed by atoms with van der Waals surface area (Å²) < 4.78 is 22.4. The molecule has 0 aromatic heterocycles. The Bertz CT molecular complexity index is 678. The van der Waals surface area contributed by atoms with Crippen LogP contribution in [0.15, 0.2) is 36.4 Å². The van der Waals surface area contributed by atoms with Crippen molar-refractivity contribution in [1.82, 2.24) is 0 Å². The molecule has 0 aliphatic heterocycles. The van der Waals surface area contributed by atoms with Gasteiger partial charge < -0.3 is 24.7 Å². The van der Waals surface area contributed by atoms with Gasteiger partial charge in [0.2, 0.25) is 0 Å². The summed E-state index contributed by atoms with van der Waals surface area (Å²) in [4.78, 5) is 0. The minimum absolute atomic E-state index is 0.326. The summed E-state index contributed by atoms with van der Waals surface area (Å²) >= 11 is 6.30. The molecule has 2 aromatic rings. The Labute approximate surface area is 153 Å². The maximum atomic E-state index is 6.30. The lowest BCUT2D eigenvalue weighted by molar-refractivity contribution is 0.203. The smallest absolute Gasteiger partial charge is 0.179 e. The molecule has 0 bridgehead atoms. The number of para-hydroxylation sites is 2. The van der Waals surface area contributed by atoms with Crippen LogP contribution in [0.5, 0.6) is 23.0 Å². The molecule has 0 spiro atoms. The highest BCUT2D eigenvalue weighted by atomic mass is 35.5. The van der Waals surface area contributed by atoms with Crippen LogP contribution in [0.25, 0.3) is 0 Å². The first kappa shape index (κ1) is 19.2. The summed E-state index contributed by atoms with van der Waals surface area (Å²) in [7, 11) is 1.58. The molecular formula is C19H24ClNO4. The van der Waals surface area contributed by atoms with Gasteiger partial charge in [-0.2, -0.15) is 0 Å². The van der Waals surface area contributed by atoms with E-state index in [4.69, 9.17) is 36.3 Å². The number of hydrogen-bond donors (Lipinski definition) is 1. The third kappa shape index (κ3) is 5.44. The van der Waals surface area contributed by atoms with Gasteiger partial charge in [-0.3, -0.25) is 0 Å². The molecule has 2 rings (SSSR count). The zero-order chi connectivity index (χ0) is 18.1. The molecule has 6 heteroatoms. The topological polar surface area (TPSA) is 62.9 Å². The van der Waals surface area contributed by atoms with Gasteiger partial charge in [-0.25, -0.2) is 0 Å². The molecule has 0 saturated carbocycles. The SMILES string of the molecule is CCOc1ccccc1OCCOc1c(Cl)cc(CCN)cc1OC. The van der Waals surface area contributed by atoms with Crippen LogP contribution in [-0.4, -0.2) is 33.5 Å². The lowest BCUT2D eigenvalue weighted by Crippen LogP contribution is -2.11. The first-order valence-corrected chi connectivity index (χ1v) is 8.61. The van der Waals surface area contributed by atoms with E-state index in [1.165, 1.54) is 0 Å². The van der Waals surface area contributed by atoms with Crippen molar-refractivity contribution in [2.24, 2.45) is 5.73 Å². The second-order valence-corrected chi connectivity index (χ2v) is 5.63. The summed E-state index contributed by atoms with van der Waals surface area (Å²) in [5, 5.41) is 0.498. The van der Waals surface area contributed by atoms with E-state index in [9.17, 15) is 0 Å². The molecule has 0 unspecified atom stereocenters. The summed E-state index contributed by atoms with van der Waals surface area (Å²) in [5.74, 6) is 2.49. The van der Waals surface area contributed by atoms with Gasteiger partial charge in [0.1, 0.15) is 13.2 Å². The summed E-state index contributed by atoms with van der Waals surface area (Å²) in [6.45, 7) is 3.75. The molecule has 0 radical (unpaired) electrons. The summed E-state index contributed by atoms with van der Waals surface area (Å²) in [6.07, 6.45) is 0.730. The van der Waals surface area contributed by atoms with E-state index >= 15 is 0 Å². The second kappa shape index (κ2) is 10.0. The Morgan fingerprint density at radius 3 is 2.28 bits per heavy atom. The Kier molecular flexibility index (Phi) is 7.70. The predicted molar refractivity (Wildman–Crippen MR) is 99.4 cm³/mol. The Hall–Kier alpha value is -2.11. The van der Waals surface area contributed by atoms with Gasteiger partial charge in [0.25, 0.3) is 0 Å². The summed E-state index contributed by atoms with van der Waals surface area (Å²) in [6, 6.07) is 11.3. The van der Waals surface area contributed by atoms with E-state index < -0.39 is 0 Å². The Morgan fingerprint density at radius 1 is 0.960 bits per heavy atom. The standard InChI is InChI=1S/C19H24ClNO4/c1-3-23-16-6-4-5-7-17(16)24-10-11-25-19-15(20)12-14(8-9-21)13-18(19)22-2/h4-7,12-13H,3,8-11,21H2,1-2H3. The first-order chi connectivity index (χ1) is 12.2. The molecule has 2 aromatic carbocycles. The van der Waals surface area contributed by atoms with E-state index in [0.29, 0.717) is 54.4 Å². The second-order valence-electron chi connectivity index (χ2n) is 5.22. The number of benzene rings is 2. The third-order valence-corrected chi connectivity index (χ3v) is 3.74. The minimum Gasteiger partial charge on any atom is -0.493 e. The average Bonchev–Trinajstić information content (AvgIpc) is 2.61. The van der Waals surface area contributed by atoms with Crippen LogP contribution in [0.3, 0.4) is 0 Å². The van der Waals surface area contributed by atoms with Crippen LogP contribution in [0.4, 0.5) is 0 Å². The van der Waals surface area contributed by atoms with Crippen molar-refractivity contribution in [2.75, 3.05) is 33.5 Å². The quantitative estimate of drug-likeness (QED) is 0.650. The van der Waals surface area contributed by atoms with Crippen molar-refractivity contribution in [2.45, 2.75) is 13.3 Å². The highest BCUT2D eigenvalue weighted by Crippen LogP contribution is 2.36. The lowest BCUT2D eigenvalue weighted by Gasteiger charge is -2.15. The number of hydrogen-bond acceptors (Lipinski definition) is 5. The summed E-state index contributed by atoms with van der Waals surface area (Å²) in [5.41, 5.74) is 6.60. The van der Waals surface area contributed by atoms with Crippen molar-refractivity contribution >= 4 is 11.6 Å². The zero-order valence-corrected chi connectivity index (χ0v) is 15.3. The highest BCUT2D eigenvalue weighted by molar-refractivity contribution is 6.32. The van der Waals surface area contributed by atoms with Crippen LogP contribution < -0.4 is 24.7 Å². The fourth-order valence-electron chi connectivity index (χ4n) is 2.36. The van der Waals surface area contributed by atoms with E-state index in [2.05, 4.69) is 0 Å². The zero-order valence-electron chi connectivity index (χ0n) is 14.6.